The van der Waals surface area contributed by atoms with Crippen molar-refractivity contribution in [2.75, 3.05) is 24.5 Å². The minimum absolute atomic E-state index is 0.0896. The lowest BCUT2D eigenvalue weighted by Gasteiger charge is -2.29. The van der Waals surface area contributed by atoms with Crippen molar-refractivity contribution in [3.8, 4) is 6.07 Å². The molecule has 1 saturated heterocycles. The maximum absolute atomic E-state index is 12.6. The van der Waals surface area contributed by atoms with Gasteiger partial charge in [0, 0.05) is 36.8 Å². The van der Waals surface area contributed by atoms with E-state index in [2.05, 4.69) is 11.4 Å². The Morgan fingerprint density at radius 1 is 1.32 bits per heavy atom. The number of rotatable bonds is 8. The number of nitriles is 1. The Bertz CT molecular complexity index is 780. The Balaban J connectivity index is 1.55. The minimum Gasteiger partial charge on any atom is -0.343 e. The van der Waals surface area contributed by atoms with E-state index >= 15 is 0 Å². The van der Waals surface area contributed by atoms with E-state index in [1.807, 2.05) is 6.92 Å². The second-order valence-corrected chi connectivity index (χ2v) is 7.45. The van der Waals surface area contributed by atoms with Crippen LogP contribution in [-0.2, 0) is 9.59 Å². The van der Waals surface area contributed by atoms with Gasteiger partial charge < -0.3 is 15.1 Å². The summed E-state index contributed by atoms with van der Waals surface area (Å²) in [6, 6.07) is 9.02. The third kappa shape index (κ3) is 4.69. The molecule has 0 unspecified atom stereocenters. The molecular formula is C21H26N4O3. The number of hydrogen-bond acceptors (Lipinski definition) is 4. The molecule has 28 heavy (non-hydrogen) atoms. The van der Waals surface area contributed by atoms with E-state index < -0.39 is 0 Å². The van der Waals surface area contributed by atoms with Gasteiger partial charge in [-0.3, -0.25) is 14.4 Å². The highest BCUT2D eigenvalue weighted by atomic mass is 16.2. The number of benzene rings is 1. The van der Waals surface area contributed by atoms with Crippen molar-refractivity contribution in [3.05, 3.63) is 29.8 Å². The summed E-state index contributed by atoms with van der Waals surface area (Å²) in [5, 5.41) is 11.5. The van der Waals surface area contributed by atoms with Crippen LogP contribution >= 0.6 is 0 Å². The van der Waals surface area contributed by atoms with E-state index in [0.717, 1.165) is 24.9 Å². The zero-order valence-electron chi connectivity index (χ0n) is 16.2. The molecule has 1 atom stereocenters. The van der Waals surface area contributed by atoms with Gasteiger partial charge in [0.05, 0.1) is 19.0 Å². The van der Waals surface area contributed by atoms with Crippen LogP contribution in [0.4, 0.5) is 5.69 Å². The summed E-state index contributed by atoms with van der Waals surface area (Å²) in [6.45, 7) is 3.01. The monoisotopic (exact) mass is 382 g/mol. The Kier molecular flexibility index (Phi) is 6.30. The van der Waals surface area contributed by atoms with Gasteiger partial charge in [-0.1, -0.05) is 0 Å². The highest BCUT2D eigenvalue weighted by Crippen LogP contribution is 2.35. The second-order valence-electron chi connectivity index (χ2n) is 7.45. The first kappa shape index (κ1) is 19.9. The molecule has 2 fully saturated rings. The van der Waals surface area contributed by atoms with Crippen LogP contribution in [-0.4, -0.2) is 48.3 Å². The zero-order chi connectivity index (χ0) is 20.1. The van der Waals surface area contributed by atoms with E-state index in [1.54, 1.807) is 34.1 Å². The molecule has 0 spiro atoms. The fraction of sp³-hybridized carbons (Fsp3) is 0.524. The third-order valence-corrected chi connectivity index (χ3v) is 5.50. The predicted molar refractivity (Wildman–Crippen MR) is 104 cm³/mol. The molecule has 1 aliphatic heterocycles. The summed E-state index contributed by atoms with van der Waals surface area (Å²) in [5.74, 6) is 0.110. The molecule has 7 nitrogen and oxygen atoms in total. The average Bonchev–Trinajstić information content (AvgIpc) is 3.47. The van der Waals surface area contributed by atoms with Crippen molar-refractivity contribution in [3.63, 3.8) is 0 Å². The fourth-order valence-corrected chi connectivity index (χ4v) is 3.63. The zero-order valence-corrected chi connectivity index (χ0v) is 16.2. The summed E-state index contributed by atoms with van der Waals surface area (Å²) in [4.78, 5) is 40.2. The van der Waals surface area contributed by atoms with Crippen LogP contribution in [0.15, 0.2) is 24.3 Å². The van der Waals surface area contributed by atoms with Crippen molar-refractivity contribution in [1.82, 2.24) is 10.2 Å². The van der Waals surface area contributed by atoms with Gasteiger partial charge in [-0.05, 0) is 56.4 Å². The molecular weight excluding hydrogens is 356 g/mol. The minimum atomic E-state index is -0.327. The molecule has 3 rings (SSSR count). The Morgan fingerprint density at radius 3 is 2.61 bits per heavy atom. The summed E-state index contributed by atoms with van der Waals surface area (Å²) < 4.78 is 0. The van der Waals surface area contributed by atoms with E-state index in [4.69, 9.17) is 5.26 Å². The molecule has 1 saturated carbocycles. The standard InChI is InChI=1S/C21H26N4O3/c1-15(16-5-6-16)24(13-3-11-22)20(27)14-23-21(28)17-7-9-18(10-8-17)25-12-2-4-19(25)26/h7-10,15-16H,2-6,12-14H2,1H3,(H,23,28)/t15-/m0/s1. The number of carbonyl (C=O) groups excluding carboxylic acids is 3. The molecule has 1 aromatic carbocycles. The quantitative estimate of drug-likeness (QED) is 0.745. The summed E-state index contributed by atoms with van der Waals surface area (Å²) in [7, 11) is 0. The molecule has 1 aliphatic carbocycles. The Morgan fingerprint density at radius 2 is 2.04 bits per heavy atom. The van der Waals surface area contributed by atoms with Crippen LogP contribution < -0.4 is 10.2 Å². The van der Waals surface area contributed by atoms with Crippen LogP contribution in [0, 0.1) is 17.2 Å². The first-order chi connectivity index (χ1) is 13.5. The van der Waals surface area contributed by atoms with E-state index in [0.29, 0.717) is 31.0 Å². The number of amides is 3. The van der Waals surface area contributed by atoms with E-state index in [-0.39, 0.29) is 36.7 Å². The number of nitrogens with zero attached hydrogens (tertiary/aromatic N) is 3. The van der Waals surface area contributed by atoms with Crippen molar-refractivity contribution < 1.29 is 14.4 Å². The van der Waals surface area contributed by atoms with E-state index in [1.165, 1.54) is 0 Å². The Labute approximate surface area is 165 Å². The largest absolute Gasteiger partial charge is 0.343 e. The van der Waals surface area contributed by atoms with Gasteiger partial charge >= 0.3 is 0 Å². The maximum atomic E-state index is 12.6. The normalized spacial score (nSPS) is 17.1. The second kappa shape index (κ2) is 8.87. The van der Waals surface area contributed by atoms with Gasteiger partial charge in [-0.25, -0.2) is 0 Å². The Hall–Kier alpha value is -2.88. The topological polar surface area (TPSA) is 93.5 Å². The van der Waals surface area contributed by atoms with Gasteiger partial charge in [-0.2, -0.15) is 5.26 Å². The van der Waals surface area contributed by atoms with Gasteiger partial charge in [-0.15, -0.1) is 0 Å². The smallest absolute Gasteiger partial charge is 0.251 e. The van der Waals surface area contributed by atoms with Crippen molar-refractivity contribution in [2.45, 2.75) is 45.1 Å². The van der Waals surface area contributed by atoms with Crippen LogP contribution in [0.25, 0.3) is 0 Å². The van der Waals surface area contributed by atoms with Gasteiger partial charge in [0.15, 0.2) is 0 Å². The molecule has 0 aromatic heterocycles. The number of nitrogens with one attached hydrogen (secondary N) is 1. The summed E-state index contributed by atoms with van der Waals surface area (Å²) in [6.07, 6.45) is 3.91. The van der Waals surface area contributed by atoms with Crippen LogP contribution in [0.3, 0.4) is 0 Å². The number of carbonyl (C=O) groups is 3. The highest BCUT2D eigenvalue weighted by Gasteiger charge is 2.34. The number of hydrogen-bond donors (Lipinski definition) is 1. The van der Waals surface area contributed by atoms with Crippen LogP contribution in [0.1, 0.15) is 49.4 Å². The van der Waals surface area contributed by atoms with Crippen molar-refractivity contribution >= 4 is 23.4 Å². The molecule has 1 heterocycles. The maximum Gasteiger partial charge on any atom is 0.251 e. The van der Waals surface area contributed by atoms with Crippen molar-refractivity contribution in [2.24, 2.45) is 5.92 Å². The van der Waals surface area contributed by atoms with Crippen molar-refractivity contribution in [1.29, 1.82) is 5.26 Å². The molecule has 148 valence electrons. The summed E-state index contributed by atoms with van der Waals surface area (Å²) in [5.41, 5.74) is 1.23. The number of anilines is 1. The molecule has 3 amide bonds. The van der Waals surface area contributed by atoms with Crippen LogP contribution in [0.5, 0.6) is 0 Å². The molecule has 7 heteroatoms. The average molecular weight is 382 g/mol. The van der Waals surface area contributed by atoms with Crippen LogP contribution in [0.2, 0.25) is 0 Å². The lowest BCUT2D eigenvalue weighted by Crippen LogP contribution is -2.45. The lowest BCUT2D eigenvalue weighted by atomic mass is 10.1. The fourth-order valence-electron chi connectivity index (χ4n) is 3.63. The lowest BCUT2D eigenvalue weighted by molar-refractivity contribution is -0.132. The predicted octanol–water partition coefficient (Wildman–Crippen LogP) is 2.08. The molecule has 2 aliphatic rings. The van der Waals surface area contributed by atoms with Gasteiger partial charge in [0.2, 0.25) is 11.8 Å². The SMILES string of the molecule is C[C@@H](C1CC1)N(CCC#N)C(=O)CNC(=O)c1ccc(N2CCCC2=O)cc1. The van der Waals surface area contributed by atoms with Gasteiger partial charge in [0.1, 0.15) is 0 Å². The molecule has 0 bridgehead atoms. The highest BCUT2D eigenvalue weighted by molar-refractivity contribution is 5.98. The first-order valence-electron chi connectivity index (χ1n) is 9.86. The third-order valence-electron chi connectivity index (χ3n) is 5.50. The van der Waals surface area contributed by atoms with Gasteiger partial charge in [0.25, 0.3) is 5.91 Å². The van der Waals surface area contributed by atoms with E-state index in [9.17, 15) is 14.4 Å². The summed E-state index contributed by atoms with van der Waals surface area (Å²) >= 11 is 0. The molecule has 1 N–H and O–H groups in total. The molecule has 0 radical (unpaired) electrons. The molecule has 1 aromatic rings. The first-order valence-corrected chi connectivity index (χ1v) is 9.86.